The van der Waals surface area contributed by atoms with Crippen LogP contribution in [0.1, 0.15) is 18.9 Å². The van der Waals surface area contributed by atoms with Crippen molar-refractivity contribution in [2.75, 3.05) is 5.75 Å². The van der Waals surface area contributed by atoms with E-state index in [-0.39, 0.29) is 17.9 Å². The van der Waals surface area contributed by atoms with Crippen molar-refractivity contribution >= 4 is 42.3 Å². The molecule has 0 aromatic heterocycles. The van der Waals surface area contributed by atoms with Crippen LogP contribution in [0.2, 0.25) is 0 Å². The number of aliphatic hydroxyl groups is 1. The smallest absolute Gasteiger partial charge is 0.326 e. The van der Waals surface area contributed by atoms with Crippen molar-refractivity contribution < 1.29 is 44.4 Å². The van der Waals surface area contributed by atoms with Crippen LogP contribution in [-0.2, 0) is 30.4 Å². The summed E-state index contributed by atoms with van der Waals surface area (Å²) < 4.78 is 0. The molecule has 0 aliphatic rings. The molecule has 5 unspecified atom stereocenters. The van der Waals surface area contributed by atoms with E-state index in [1.807, 2.05) is 0 Å². The first-order valence-corrected chi connectivity index (χ1v) is 10.7. The maximum absolute atomic E-state index is 12.7. The van der Waals surface area contributed by atoms with Crippen molar-refractivity contribution in [1.29, 1.82) is 0 Å². The largest absolute Gasteiger partial charge is 0.508 e. The van der Waals surface area contributed by atoms with Crippen molar-refractivity contribution in [2.24, 2.45) is 5.73 Å². The van der Waals surface area contributed by atoms with Crippen LogP contribution in [0, 0.1) is 0 Å². The molecule has 0 saturated carbocycles. The number of thiol groups is 1. The lowest BCUT2D eigenvalue weighted by molar-refractivity contribution is -0.143. The molecule has 1 aromatic rings. The molecule has 34 heavy (non-hydrogen) atoms. The van der Waals surface area contributed by atoms with Crippen LogP contribution in [0.3, 0.4) is 0 Å². The highest BCUT2D eigenvalue weighted by molar-refractivity contribution is 7.80. The summed E-state index contributed by atoms with van der Waals surface area (Å²) in [6.07, 6.45) is -2.26. The zero-order chi connectivity index (χ0) is 26.0. The molecule has 0 spiro atoms. The first-order chi connectivity index (χ1) is 15.8. The van der Waals surface area contributed by atoms with E-state index in [0.717, 1.165) is 0 Å². The van der Waals surface area contributed by atoms with Crippen molar-refractivity contribution in [3.63, 3.8) is 0 Å². The minimum atomic E-state index is -1.67. The Morgan fingerprint density at radius 2 is 1.41 bits per heavy atom. The average molecular weight is 501 g/mol. The van der Waals surface area contributed by atoms with Gasteiger partial charge in [0, 0.05) is 12.2 Å². The Labute approximate surface area is 200 Å². The van der Waals surface area contributed by atoms with Crippen LogP contribution in [0.25, 0.3) is 0 Å². The molecule has 13 nitrogen and oxygen atoms in total. The molecular weight excluding hydrogens is 472 g/mol. The average Bonchev–Trinajstić information content (AvgIpc) is 2.76. The maximum Gasteiger partial charge on any atom is 0.326 e. The molecular formula is C20H28N4O9S. The minimum absolute atomic E-state index is 0.0378. The minimum Gasteiger partial charge on any atom is -0.508 e. The molecule has 0 radical (unpaired) electrons. The van der Waals surface area contributed by atoms with E-state index in [2.05, 4.69) is 28.6 Å². The Hall–Kier alpha value is -3.36. The number of carbonyl (C=O) groups is 5. The number of rotatable bonds is 13. The first kappa shape index (κ1) is 28.7. The van der Waals surface area contributed by atoms with Gasteiger partial charge in [-0.2, -0.15) is 12.6 Å². The monoisotopic (exact) mass is 500 g/mol. The number of phenolic OH excluding ortho intramolecular Hbond substituents is 1. The lowest BCUT2D eigenvalue weighted by Crippen LogP contribution is -2.59. The van der Waals surface area contributed by atoms with Gasteiger partial charge in [0.25, 0.3) is 0 Å². The van der Waals surface area contributed by atoms with Gasteiger partial charge in [0.1, 0.15) is 29.9 Å². The van der Waals surface area contributed by atoms with E-state index in [0.29, 0.717) is 5.56 Å². The topological polar surface area (TPSA) is 228 Å². The highest BCUT2D eigenvalue weighted by atomic mass is 32.1. The molecule has 14 heteroatoms. The number of phenols is 1. The predicted molar refractivity (Wildman–Crippen MR) is 121 cm³/mol. The van der Waals surface area contributed by atoms with Crippen molar-refractivity contribution in [3.05, 3.63) is 29.8 Å². The highest BCUT2D eigenvalue weighted by Crippen LogP contribution is 2.12. The number of hydrogen-bond donors (Lipinski definition) is 9. The fourth-order valence-corrected chi connectivity index (χ4v) is 2.93. The summed E-state index contributed by atoms with van der Waals surface area (Å²) in [5, 5.41) is 43.9. The SMILES string of the molecule is CC(O)C(N)C(=O)NC(CS)C(=O)NC(CC(=O)O)C(=O)NC(Cc1ccc(O)cc1)C(=O)O. The fourth-order valence-electron chi connectivity index (χ4n) is 2.68. The number of aromatic hydroxyl groups is 1. The molecule has 0 fully saturated rings. The Kier molecular flexibility index (Phi) is 11.3. The summed E-state index contributed by atoms with van der Waals surface area (Å²) >= 11 is 3.95. The molecule has 188 valence electrons. The molecule has 1 rings (SSSR count). The third-order valence-electron chi connectivity index (χ3n) is 4.64. The summed E-state index contributed by atoms with van der Waals surface area (Å²) in [5.41, 5.74) is 5.97. The number of amides is 3. The summed E-state index contributed by atoms with van der Waals surface area (Å²) in [6.45, 7) is 1.27. The molecule has 0 saturated heterocycles. The number of aliphatic hydroxyl groups excluding tert-OH is 1. The molecule has 0 bridgehead atoms. The van der Waals surface area contributed by atoms with Gasteiger partial charge in [-0.15, -0.1) is 0 Å². The van der Waals surface area contributed by atoms with E-state index in [1.54, 1.807) is 0 Å². The maximum atomic E-state index is 12.7. The highest BCUT2D eigenvalue weighted by Gasteiger charge is 2.31. The summed E-state index contributed by atoms with van der Waals surface area (Å²) in [4.78, 5) is 60.0. The number of carbonyl (C=O) groups excluding carboxylic acids is 3. The number of carboxylic acids is 2. The van der Waals surface area contributed by atoms with Gasteiger partial charge in [0.15, 0.2) is 0 Å². The number of nitrogens with one attached hydrogen (secondary N) is 3. The second kappa shape index (κ2) is 13.4. The van der Waals surface area contributed by atoms with E-state index in [9.17, 15) is 39.3 Å². The third kappa shape index (κ3) is 9.25. The molecule has 5 atom stereocenters. The lowest BCUT2D eigenvalue weighted by Gasteiger charge is -2.24. The quantitative estimate of drug-likeness (QED) is 0.130. The van der Waals surface area contributed by atoms with Crippen molar-refractivity contribution in [2.45, 2.75) is 50.0 Å². The first-order valence-electron chi connectivity index (χ1n) is 10.0. The molecule has 3 amide bonds. The van der Waals surface area contributed by atoms with Crippen LogP contribution >= 0.6 is 12.6 Å². The van der Waals surface area contributed by atoms with E-state index in [4.69, 9.17) is 10.8 Å². The van der Waals surface area contributed by atoms with Gasteiger partial charge in [-0.1, -0.05) is 12.1 Å². The van der Waals surface area contributed by atoms with Crippen LogP contribution in [0.15, 0.2) is 24.3 Å². The molecule has 0 aliphatic carbocycles. The van der Waals surface area contributed by atoms with Crippen LogP contribution < -0.4 is 21.7 Å². The van der Waals surface area contributed by atoms with Gasteiger partial charge in [-0.05, 0) is 24.6 Å². The van der Waals surface area contributed by atoms with E-state index >= 15 is 0 Å². The second-order valence-corrected chi connectivity index (χ2v) is 7.80. The third-order valence-corrected chi connectivity index (χ3v) is 5.01. The number of hydrogen-bond acceptors (Lipinski definition) is 9. The summed E-state index contributed by atoms with van der Waals surface area (Å²) in [7, 11) is 0. The molecule has 1 aromatic carbocycles. The van der Waals surface area contributed by atoms with Crippen molar-refractivity contribution in [3.8, 4) is 5.75 Å². The zero-order valence-corrected chi connectivity index (χ0v) is 19.1. The standard InChI is InChI=1S/C20H28N4O9S/c1-9(25)16(21)19(31)24-14(8-34)18(30)22-12(7-15(27)28)17(29)23-13(20(32)33)6-10-2-4-11(26)5-3-10/h2-5,9,12-14,16,25-26,34H,6-8,21H2,1H3,(H,22,30)(H,23,29)(H,24,31)(H,27,28)(H,32,33). The Balaban J connectivity index is 2.94. The Bertz CT molecular complexity index is 895. The van der Waals surface area contributed by atoms with Gasteiger partial charge in [-0.25, -0.2) is 4.79 Å². The van der Waals surface area contributed by atoms with Gasteiger partial charge < -0.3 is 42.1 Å². The van der Waals surface area contributed by atoms with Crippen LogP contribution in [0.4, 0.5) is 0 Å². The van der Waals surface area contributed by atoms with Gasteiger partial charge in [0.2, 0.25) is 17.7 Å². The van der Waals surface area contributed by atoms with Crippen LogP contribution in [-0.4, -0.2) is 86.1 Å². The van der Waals surface area contributed by atoms with Gasteiger partial charge in [0.05, 0.1) is 12.5 Å². The molecule has 9 N–H and O–H groups in total. The number of carboxylic acid groups (broad SMARTS) is 2. The predicted octanol–water partition coefficient (Wildman–Crippen LogP) is -2.41. The summed E-state index contributed by atoms with van der Waals surface area (Å²) in [6, 6.07) is -0.234. The molecule has 0 heterocycles. The Morgan fingerprint density at radius 3 is 1.88 bits per heavy atom. The van der Waals surface area contributed by atoms with Gasteiger partial charge >= 0.3 is 11.9 Å². The van der Waals surface area contributed by atoms with E-state index < -0.39 is 66.4 Å². The van der Waals surface area contributed by atoms with Gasteiger partial charge in [-0.3, -0.25) is 19.2 Å². The zero-order valence-electron chi connectivity index (χ0n) is 18.2. The number of nitrogens with two attached hydrogens (primary N) is 1. The number of aliphatic carboxylic acids is 2. The van der Waals surface area contributed by atoms with Crippen LogP contribution in [0.5, 0.6) is 5.75 Å². The fraction of sp³-hybridized carbons (Fsp3) is 0.450. The normalized spacial score (nSPS) is 15.2. The van der Waals surface area contributed by atoms with Crippen molar-refractivity contribution in [1.82, 2.24) is 16.0 Å². The number of benzene rings is 1. The summed E-state index contributed by atoms with van der Waals surface area (Å²) in [5.74, 6) is -6.06. The molecule has 0 aliphatic heterocycles. The Morgan fingerprint density at radius 1 is 0.912 bits per heavy atom. The second-order valence-electron chi connectivity index (χ2n) is 7.44. The van der Waals surface area contributed by atoms with E-state index in [1.165, 1.54) is 31.2 Å². The lowest BCUT2D eigenvalue weighted by atomic mass is 10.0.